The molecule has 0 saturated carbocycles. The van der Waals surface area contributed by atoms with E-state index < -0.39 is 0 Å². The molecule has 0 spiro atoms. The van der Waals surface area contributed by atoms with Crippen LogP contribution in [0.1, 0.15) is 34.1 Å². The predicted octanol–water partition coefficient (Wildman–Crippen LogP) is 0.581. The van der Waals surface area contributed by atoms with E-state index in [1.165, 1.54) is 13.0 Å². The van der Waals surface area contributed by atoms with Gasteiger partial charge in [0.05, 0.1) is 13.6 Å². The van der Waals surface area contributed by atoms with Gasteiger partial charge in [0.2, 0.25) is 0 Å². The zero-order valence-electron chi connectivity index (χ0n) is 9.28. The second-order valence-electron chi connectivity index (χ2n) is 5.32. The van der Waals surface area contributed by atoms with Crippen LogP contribution in [0.5, 0.6) is 0 Å². The van der Waals surface area contributed by atoms with E-state index in [4.69, 9.17) is 5.73 Å². The van der Waals surface area contributed by atoms with Crippen LogP contribution in [0.2, 0.25) is 0 Å². The van der Waals surface area contributed by atoms with Crippen molar-refractivity contribution in [1.82, 2.24) is 0 Å². The molecule has 2 heteroatoms. The number of rotatable bonds is 5. The van der Waals surface area contributed by atoms with Crippen molar-refractivity contribution in [3.63, 3.8) is 0 Å². The van der Waals surface area contributed by atoms with E-state index >= 15 is 0 Å². The molecular weight excluding hydrogens is 148 g/mol. The van der Waals surface area contributed by atoms with Crippen molar-refractivity contribution in [2.24, 2.45) is 16.6 Å². The Balaban J connectivity index is 4.04. The maximum Gasteiger partial charge on any atom is 0.0805 e. The minimum atomic E-state index is 0.284. The van der Waals surface area contributed by atoms with Gasteiger partial charge in [-0.05, 0) is 18.4 Å². The third kappa shape index (κ3) is 4.73. The molecule has 0 rings (SSSR count). The minimum absolute atomic E-state index is 0.284. The number of hydrogen-bond donors (Lipinski definition) is 2. The van der Waals surface area contributed by atoms with Gasteiger partial charge in [0.1, 0.15) is 0 Å². The van der Waals surface area contributed by atoms with Crippen LogP contribution >= 0.6 is 0 Å². The molecule has 0 aliphatic rings. The fourth-order valence-corrected chi connectivity index (χ4v) is 1.99. The average molecular weight is 173 g/mol. The molecule has 0 aliphatic carbocycles. The van der Waals surface area contributed by atoms with E-state index in [0.717, 1.165) is 6.54 Å². The Kier molecular flexibility index (Phi) is 4.21. The van der Waals surface area contributed by atoms with E-state index in [1.807, 2.05) is 0 Å². The Morgan fingerprint density at radius 3 is 1.92 bits per heavy atom. The fourth-order valence-electron chi connectivity index (χ4n) is 1.99. The van der Waals surface area contributed by atoms with Gasteiger partial charge in [0.15, 0.2) is 0 Å². The molecule has 0 heterocycles. The Hall–Kier alpha value is -0.0800. The highest BCUT2D eigenvalue weighted by Gasteiger charge is 2.28. The average Bonchev–Trinajstić information content (AvgIpc) is 1.85. The van der Waals surface area contributed by atoms with Crippen molar-refractivity contribution in [2.75, 3.05) is 20.1 Å². The highest BCUT2D eigenvalue weighted by molar-refractivity contribution is 4.78. The summed E-state index contributed by atoms with van der Waals surface area (Å²) in [6.07, 6.45) is 1.20. The van der Waals surface area contributed by atoms with Crippen LogP contribution in [0.15, 0.2) is 0 Å². The third-order valence-electron chi connectivity index (χ3n) is 2.27. The smallest absolute Gasteiger partial charge is 0.0805 e. The van der Waals surface area contributed by atoms with Crippen LogP contribution < -0.4 is 11.1 Å². The van der Waals surface area contributed by atoms with Gasteiger partial charge in [-0.3, -0.25) is 0 Å². The second-order valence-corrected chi connectivity index (χ2v) is 5.32. The van der Waals surface area contributed by atoms with Gasteiger partial charge >= 0.3 is 0 Å². The van der Waals surface area contributed by atoms with Crippen LogP contribution in [0.3, 0.4) is 0 Å². The molecule has 74 valence electrons. The first kappa shape index (κ1) is 11.9. The van der Waals surface area contributed by atoms with Gasteiger partial charge < -0.3 is 11.1 Å². The molecule has 0 aromatic rings. The summed E-state index contributed by atoms with van der Waals surface area (Å²) in [5.41, 5.74) is 6.38. The summed E-state index contributed by atoms with van der Waals surface area (Å²) in [6, 6.07) is 0. The predicted molar refractivity (Wildman–Crippen MR) is 53.9 cm³/mol. The van der Waals surface area contributed by atoms with Crippen LogP contribution in [-0.4, -0.2) is 20.1 Å². The molecule has 0 amide bonds. The highest BCUT2D eigenvalue weighted by Crippen LogP contribution is 2.31. The molecular formula is C10H25N2+. The van der Waals surface area contributed by atoms with Crippen LogP contribution in [-0.2, 0) is 0 Å². The van der Waals surface area contributed by atoms with E-state index in [9.17, 15) is 0 Å². The quantitative estimate of drug-likeness (QED) is 0.627. The van der Waals surface area contributed by atoms with Crippen molar-refractivity contribution < 1.29 is 5.32 Å². The summed E-state index contributed by atoms with van der Waals surface area (Å²) in [7, 11) is 2.12. The van der Waals surface area contributed by atoms with Crippen molar-refractivity contribution in [1.29, 1.82) is 0 Å². The Labute approximate surface area is 76.9 Å². The zero-order valence-corrected chi connectivity index (χ0v) is 9.28. The topological polar surface area (TPSA) is 42.6 Å². The monoisotopic (exact) mass is 173 g/mol. The summed E-state index contributed by atoms with van der Waals surface area (Å²) >= 11 is 0. The summed E-state index contributed by atoms with van der Waals surface area (Å²) < 4.78 is 0. The summed E-state index contributed by atoms with van der Waals surface area (Å²) in [5, 5.41) is 2.24. The van der Waals surface area contributed by atoms with Gasteiger partial charge in [-0.15, -0.1) is 0 Å². The normalized spacial score (nSPS) is 13.5. The molecule has 0 radical (unpaired) electrons. The molecule has 0 atom stereocenters. The fraction of sp³-hybridized carbons (Fsp3) is 1.00. The largest absolute Gasteiger partial charge is 0.348 e. The number of quaternary nitrogens is 1. The first-order chi connectivity index (χ1) is 5.33. The lowest BCUT2D eigenvalue weighted by molar-refractivity contribution is -0.639. The van der Waals surface area contributed by atoms with Crippen LogP contribution in [0.25, 0.3) is 0 Å². The van der Waals surface area contributed by atoms with Crippen molar-refractivity contribution in [3.8, 4) is 0 Å². The van der Waals surface area contributed by atoms with Crippen molar-refractivity contribution >= 4 is 0 Å². The van der Waals surface area contributed by atoms with Gasteiger partial charge in [-0.2, -0.15) is 0 Å². The molecule has 0 aromatic carbocycles. The Morgan fingerprint density at radius 1 is 1.08 bits per heavy atom. The SMILES string of the molecule is C[NH2+]CC(C)(C)CC(C)(C)CN. The zero-order chi connectivity index (χ0) is 9.83. The lowest BCUT2D eigenvalue weighted by Gasteiger charge is -2.32. The molecule has 0 unspecified atom stereocenters. The Bertz CT molecular complexity index is 128. The molecule has 0 aliphatic heterocycles. The first-order valence-electron chi connectivity index (χ1n) is 4.81. The molecule has 0 fully saturated rings. The molecule has 4 N–H and O–H groups in total. The van der Waals surface area contributed by atoms with Crippen molar-refractivity contribution in [3.05, 3.63) is 0 Å². The molecule has 0 saturated heterocycles. The Morgan fingerprint density at radius 2 is 1.58 bits per heavy atom. The van der Waals surface area contributed by atoms with E-state index in [2.05, 4.69) is 40.1 Å². The van der Waals surface area contributed by atoms with Crippen LogP contribution in [0.4, 0.5) is 0 Å². The molecule has 2 nitrogen and oxygen atoms in total. The lowest BCUT2D eigenvalue weighted by atomic mass is 9.75. The van der Waals surface area contributed by atoms with E-state index in [-0.39, 0.29) is 5.41 Å². The van der Waals surface area contributed by atoms with Gasteiger partial charge in [0.25, 0.3) is 0 Å². The number of nitrogens with two attached hydrogens (primary N) is 2. The standard InChI is InChI=1S/C10H24N2/c1-9(2,7-11)6-10(3,4)8-12-5/h12H,6-8,11H2,1-5H3/p+1. The second kappa shape index (κ2) is 4.24. The summed E-state index contributed by atoms with van der Waals surface area (Å²) in [5.74, 6) is 0. The van der Waals surface area contributed by atoms with Gasteiger partial charge in [0, 0.05) is 5.41 Å². The summed E-state index contributed by atoms with van der Waals surface area (Å²) in [4.78, 5) is 0. The third-order valence-corrected chi connectivity index (χ3v) is 2.27. The molecule has 0 aromatic heterocycles. The maximum atomic E-state index is 5.70. The lowest BCUT2D eigenvalue weighted by Crippen LogP contribution is -2.82. The van der Waals surface area contributed by atoms with Gasteiger partial charge in [-0.25, -0.2) is 0 Å². The van der Waals surface area contributed by atoms with E-state index in [0.29, 0.717) is 5.41 Å². The van der Waals surface area contributed by atoms with Gasteiger partial charge in [-0.1, -0.05) is 27.7 Å². The van der Waals surface area contributed by atoms with E-state index in [1.54, 1.807) is 0 Å². The van der Waals surface area contributed by atoms with Crippen LogP contribution in [0, 0.1) is 10.8 Å². The maximum absolute atomic E-state index is 5.70. The first-order valence-corrected chi connectivity index (χ1v) is 4.81. The molecule has 0 bridgehead atoms. The van der Waals surface area contributed by atoms with Crippen molar-refractivity contribution in [2.45, 2.75) is 34.1 Å². The summed E-state index contributed by atoms with van der Waals surface area (Å²) in [6.45, 7) is 11.1. The molecule has 12 heavy (non-hydrogen) atoms. The number of hydrogen-bond acceptors (Lipinski definition) is 1. The highest BCUT2D eigenvalue weighted by atomic mass is 14.8. The minimum Gasteiger partial charge on any atom is -0.348 e.